The maximum atomic E-state index is 14.7. The van der Waals surface area contributed by atoms with E-state index in [9.17, 15) is 83.7 Å². The van der Waals surface area contributed by atoms with Crippen LogP contribution in [-0.2, 0) is 67.2 Å². The smallest absolute Gasteiger partial charge is 0.305 e. The van der Waals surface area contributed by atoms with Crippen molar-refractivity contribution in [3.05, 3.63) is 107 Å². The van der Waals surface area contributed by atoms with Crippen molar-refractivity contribution >= 4 is 83.3 Å². The summed E-state index contributed by atoms with van der Waals surface area (Å²) in [6.07, 6.45) is -12.9. The number of unbranched alkanes of at least 4 members (excludes halogenated alkanes) is 1. The van der Waals surface area contributed by atoms with Crippen molar-refractivity contribution in [1.29, 1.82) is 0 Å². The third kappa shape index (κ3) is 23.8. The predicted octanol–water partition coefficient (Wildman–Crippen LogP) is -2.50. The number of carboxylic acid groups (broad SMARTS) is 2. The third-order valence-corrected chi connectivity index (χ3v) is 15.0. The summed E-state index contributed by atoms with van der Waals surface area (Å²) in [4.78, 5) is 136. The van der Waals surface area contributed by atoms with Crippen LogP contribution in [0.2, 0.25) is 0 Å². The lowest BCUT2D eigenvalue weighted by atomic mass is 10.0. The second kappa shape index (κ2) is 36.2. The molecule has 85 heavy (non-hydrogen) atoms. The van der Waals surface area contributed by atoms with Gasteiger partial charge in [-0.25, -0.2) is 0 Å². The van der Waals surface area contributed by atoms with E-state index in [0.717, 1.165) is 17.3 Å². The number of aliphatic carboxylic acids is 2. The van der Waals surface area contributed by atoms with Crippen LogP contribution in [0.1, 0.15) is 85.8 Å². The highest BCUT2D eigenvalue weighted by Crippen LogP contribution is 2.29. The first-order chi connectivity index (χ1) is 40.4. The van der Waals surface area contributed by atoms with Crippen molar-refractivity contribution in [2.75, 3.05) is 24.7 Å². The topological polar surface area (TPSA) is 433 Å². The molecule has 3 aromatic rings. The van der Waals surface area contributed by atoms with E-state index < -0.39 is 157 Å². The lowest BCUT2D eigenvalue weighted by Gasteiger charge is -2.39. The summed E-state index contributed by atoms with van der Waals surface area (Å²) >= 11 is 5.48. The van der Waals surface area contributed by atoms with Gasteiger partial charge in [0.1, 0.15) is 72.5 Å². The number of thiol groups is 1. The van der Waals surface area contributed by atoms with Gasteiger partial charge in [-0.3, -0.25) is 53.3 Å². The maximum Gasteiger partial charge on any atom is 0.305 e. The Morgan fingerprint density at radius 1 is 0.624 bits per heavy atom. The molecule has 3 aromatic carbocycles. The van der Waals surface area contributed by atoms with Crippen molar-refractivity contribution in [1.82, 2.24) is 37.2 Å². The summed E-state index contributed by atoms with van der Waals surface area (Å²) < 4.78 is 5.55. The minimum absolute atomic E-state index is 0.0292. The zero-order valence-electron chi connectivity index (χ0n) is 47.2. The lowest BCUT2D eigenvalue weighted by molar-refractivity contribution is -0.368. The van der Waals surface area contributed by atoms with Crippen LogP contribution in [0.25, 0.3) is 0 Å². The number of aliphatic hydroxyl groups excluding tert-OH is 5. The van der Waals surface area contributed by atoms with Gasteiger partial charge in [-0.1, -0.05) is 86.6 Å². The number of quaternary nitrogens is 1. The Bertz CT molecular complexity index is 2700. The Balaban J connectivity index is 1.60. The van der Waals surface area contributed by atoms with Crippen molar-refractivity contribution < 1.29 is 94.2 Å². The van der Waals surface area contributed by atoms with Gasteiger partial charge < -0.3 is 78.1 Å². The van der Waals surface area contributed by atoms with Gasteiger partial charge in [0.05, 0.1) is 19.6 Å². The highest BCUT2D eigenvalue weighted by atomic mass is 32.2. The van der Waals surface area contributed by atoms with E-state index >= 15 is 0 Å². The molecule has 17 N–H and O–H groups in total. The van der Waals surface area contributed by atoms with Crippen molar-refractivity contribution in [3.63, 3.8) is 0 Å². The number of rotatable bonds is 37. The van der Waals surface area contributed by atoms with Crippen LogP contribution in [0, 0.1) is 5.92 Å². The largest absolute Gasteiger partial charge is 0.481 e. The molecule has 0 aromatic heterocycles. The molecule has 0 bridgehead atoms. The van der Waals surface area contributed by atoms with Crippen LogP contribution >= 0.6 is 24.4 Å². The summed E-state index contributed by atoms with van der Waals surface area (Å²) in [6, 6.07) is 16.4. The average Bonchev–Trinajstić information content (AvgIpc) is 3.51. The Morgan fingerprint density at radius 3 is 1.76 bits per heavy atom. The molecule has 1 aliphatic heterocycles. The fraction of sp³-hybridized carbons (Fsp3) is 0.509. The zero-order valence-corrected chi connectivity index (χ0v) is 48.9. The molecule has 26 nitrogen and oxygen atoms in total. The van der Waals surface area contributed by atoms with Gasteiger partial charge in [-0.2, -0.15) is 12.6 Å². The SMILES string of the molecule is CC(C)CC(O)C(=O)NC(CCC(=O)O)C(=O)NC(CC(=O)O)C(=O)NC(NC(NC(=O)C(Cc1ccccc1)NC(=O)C(CS)NC(=O)c1ccc(CCS[C@@H]2O[C@H](CO)[C@H](O)[C@H](O)[C@H]2O)cc1)C(=O)Cc1ccccc1)C(=O)CCCC[NH3+]. The number of thioether (sulfide) groups is 1. The molecule has 466 valence electrons. The van der Waals surface area contributed by atoms with Gasteiger partial charge in [-0.05, 0) is 72.6 Å². The number of carboxylic acids is 2. The van der Waals surface area contributed by atoms with Crippen LogP contribution in [-0.4, -0.2) is 192 Å². The number of carbonyl (C=O) groups is 10. The summed E-state index contributed by atoms with van der Waals surface area (Å²) in [5.74, 6) is -10.6. The molecule has 4 rings (SSSR count). The first kappa shape index (κ1) is 70.6. The molecule has 1 saturated heterocycles. The number of nitrogens with one attached hydrogen (secondary N) is 7. The van der Waals surface area contributed by atoms with Gasteiger partial charge >= 0.3 is 11.9 Å². The molecule has 28 heteroatoms. The minimum Gasteiger partial charge on any atom is -0.481 e. The number of ketones is 2. The predicted molar refractivity (Wildman–Crippen MR) is 311 cm³/mol. The Morgan fingerprint density at radius 2 is 1.19 bits per heavy atom. The standard InChI is InChI=1S/C57H78N8O18S2/c1-31(2)25-42(69)56(82)59-36(20-21-44(70)71)52(78)61-38(28-45(72)73)54(80)64-49(40(67)15-9-10-23-58)63-50(41(68)27-34-13-7-4-8-14-34)65-53(79)37(26-33-11-5-3-6-12-33)60-55(81)39(30-84)62-51(77)35-18-16-32(17-19-35)22-24-85-57-48(76)47(75)46(74)43(29-66)83-57/h3-8,11-14,16-19,31,36-39,42-43,46-50,57,63,66,69,74-76,84H,9-10,15,20-30,58H2,1-2H3,(H,59,82)(H,60,81)(H,61,78)(H,62,77)(H,64,80)(H,65,79)(H,70,71)(H,72,73)/p+1/t36?,37?,38?,39?,42?,43-,46+,47+,48-,49?,50?,57+/m1/s1. The highest BCUT2D eigenvalue weighted by molar-refractivity contribution is 7.99. The second-order valence-electron chi connectivity index (χ2n) is 20.7. The van der Waals surface area contributed by atoms with E-state index in [-0.39, 0.29) is 49.3 Å². The number of Topliss-reactive ketones (excluding diaryl/α,β-unsaturated/α-hetero) is 2. The summed E-state index contributed by atoms with van der Waals surface area (Å²) in [6.45, 7) is 3.28. The molecule has 0 aliphatic carbocycles. The molecular formula is C57H79N8O18S2+. The quantitative estimate of drug-likeness (QED) is 0.0161. The monoisotopic (exact) mass is 1230 g/mol. The number of benzene rings is 3. The van der Waals surface area contributed by atoms with Crippen molar-refractivity contribution in [2.45, 2.75) is 151 Å². The van der Waals surface area contributed by atoms with Gasteiger partial charge in [0.2, 0.25) is 29.5 Å². The zero-order chi connectivity index (χ0) is 62.8. The fourth-order valence-corrected chi connectivity index (χ4v) is 10.1. The number of aliphatic hydroxyl groups is 5. The number of hydrogen-bond donors (Lipinski definition) is 16. The molecule has 1 heterocycles. The van der Waals surface area contributed by atoms with E-state index in [4.69, 9.17) is 4.74 Å². The molecule has 0 spiro atoms. The van der Waals surface area contributed by atoms with Crippen LogP contribution < -0.4 is 43.0 Å². The Kier molecular flexibility index (Phi) is 30.1. The van der Waals surface area contributed by atoms with E-state index in [0.29, 0.717) is 36.3 Å². The number of aryl methyl sites for hydroxylation is 1. The first-order valence-electron chi connectivity index (χ1n) is 27.7. The molecule has 0 radical (unpaired) electrons. The summed E-state index contributed by atoms with van der Waals surface area (Å²) in [5.41, 5.74) is 4.77. The van der Waals surface area contributed by atoms with E-state index in [1.165, 1.54) is 12.1 Å². The van der Waals surface area contributed by atoms with E-state index in [2.05, 4.69) is 55.6 Å². The molecule has 1 fully saturated rings. The number of carbonyl (C=O) groups excluding carboxylic acids is 8. The van der Waals surface area contributed by atoms with E-state index in [1.807, 2.05) is 0 Å². The first-order valence-corrected chi connectivity index (χ1v) is 29.4. The molecular weight excluding hydrogens is 1150 g/mol. The molecule has 6 amide bonds. The average molecular weight is 1230 g/mol. The second-order valence-corrected chi connectivity index (χ2v) is 22.3. The van der Waals surface area contributed by atoms with Crippen molar-refractivity contribution in [2.24, 2.45) is 5.92 Å². The molecule has 12 atom stereocenters. The maximum absolute atomic E-state index is 14.7. The molecule has 7 unspecified atom stereocenters. The number of ether oxygens (including phenoxy) is 1. The van der Waals surface area contributed by atoms with Crippen molar-refractivity contribution in [3.8, 4) is 0 Å². The van der Waals surface area contributed by atoms with Crippen LogP contribution in [0.3, 0.4) is 0 Å². The normalized spacial score (nSPS) is 19.1. The van der Waals surface area contributed by atoms with Gasteiger partial charge in [0.25, 0.3) is 5.91 Å². The lowest BCUT2D eigenvalue weighted by Crippen LogP contribution is -2.65. The minimum atomic E-state index is -2.00. The highest BCUT2D eigenvalue weighted by Gasteiger charge is 2.43. The van der Waals surface area contributed by atoms with Gasteiger partial charge in [0, 0.05) is 37.0 Å². The third-order valence-electron chi connectivity index (χ3n) is 13.4. The Hall–Kier alpha value is -6.86. The van der Waals surface area contributed by atoms with Gasteiger partial charge in [-0.15, -0.1) is 11.8 Å². The van der Waals surface area contributed by atoms with Crippen LogP contribution in [0.4, 0.5) is 0 Å². The number of amides is 6. The van der Waals surface area contributed by atoms with E-state index in [1.54, 1.807) is 86.6 Å². The van der Waals surface area contributed by atoms with Crippen LogP contribution in [0.15, 0.2) is 84.9 Å². The van der Waals surface area contributed by atoms with Gasteiger partial charge in [0.15, 0.2) is 11.6 Å². The summed E-state index contributed by atoms with van der Waals surface area (Å²) in [7, 11) is 0. The summed E-state index contributed by atoms with van der Waals surface area (Å²) in [5, 5.41) is 87.2. The molecule has 0 saturated carbocycles. The Labute approximate surface area is 501 Å². The number of hydrogen-bond acceptors (Lipinski definition) is 19. The van der Waals surface area contributed by atoms with Crippen LogP contribution in [0.5, 0.6) is 0 Å². The molecule has 1 aliphatic rings. The fourth-order valence-electron chi connectivity index (χ4n) is 8.70.